The zero-order valence-corrected chi connectivity index (χ0v) is 12.1. The largest absolute Gasteiger partial charge is 0.481 e. The van der Waals surface area contributed by atoms with Gasteiger partial charge in [0.2, 0.25) is 5.91 Å². The summed E-state index contributed by atoms with van der Waals surface area (Å²) in [6, 6.07) is -0.207. The van der Waals surface area contributed by atoms with E-state index in [0.717, 1.165) is 6.42 Å². The molecule has 0 spiro atoms. The summed E-state index contributed by atoms with van der Waals surface area (Å²) in [4.78, 5) is 25.1. The lowest BCUT2D eigenvalue weighted by Gasteiger charge is -2.41. The highest BCUT2D eigenvalue weighted by atomic mass is 16.4. The highest BCUT2D eigenvalue weighted by molar-refractivity contribution is 5.81. The Morgan fingerprint density at radius 1 is 1.39 bits per heavy atom. The molecule has 104 valence electrons. The molecule has 0 aliphatic carbocycles. The maximum absolute atomic E-state index is 12.0. The van der Waals surface area contributed by atoms with Crippen molar-refractivity contribution in [2.45, 2.75) is 53.5 Å². The van der Waals surface area contributed by atoms with Gasteiger partial charge in [-0.25, -0.2) is 0 Å². The summed E-state index contributed by atoms with van der Waals surface area (Å²) in [5, 5.41) is 9.27. The second kappa shape index (κ2) is 5.29. The molecule has 3 unspecified atom stereocenters. The van der Waals surface area contributed by atoms with Crippen LogP contribution in [0.5, 0.6) is 0 Å². The zero-order chi connectivity index (χ0) is 14.1. The van der Waals surface area contributed by atoms with Gasteiger partial charge < -0.3 is 10.0 Å². The monoisotopic (exact) mass is 255 g/mol. The summed E-state index contributed by atoms with van der Waals surface area (Å²) >= 11 is 0. The minimum Gasteiger partial charge on any atom is -0.481 e. The Hall–Kier alpha value is -1.06. The number of hydrogen-bond donors (Lipinski definition) is 1. The van der Waals surface area contributed by atoms with E-state index in [2.05, 4.69) is 20.8 Å². The van der Waals surface area contributed by atoms with Crippen LogP contribution in [0.25, 0.3) is 0 Å². The Bertz CT molecular complexity index is 332. The molecule has 1 aliphatic heterocycles. The molecule has 1 rings (SSSR count). The van der Waals surface area contributed by atoms with Gasteiger partial charge in [-0.3, -0.25) is 9.59 Å². The molecule has 4 heteroatoms. The van der Waals surface area contributed by atoms with Crippen molar-refractivity contribution >= 4 is 11.9 Å². The van der Waals surface area contributed by atoms with Crippen LogP contribution in [-0.2, 0) is 9.59 Å². The maximum Gasteiger partial charge on any atom is 0.308 e. The summed E-state index contributed by atoms with van der Waals surface area (Å²) in [7, 11) is 0. The molecular formula is C14H25NO3. The fourth-order valence-corrected chi connectivity index (χ4v) is 2.65. The van der Waals surface area contributed by atoms with Crippen LogP contribution < -0.4 is 0 Å². The van der Waals surface area contributed by atoms with E-state index in [1.807, 2.05) is 13.8 Å². The number of carbonyl (C=O) groups excluding carboxylic acids is 1. The smallest absolute Gasteiger partial charge is 0.308 e. The fourth-order valence-electron chi connectivity index (χ4n) is 2.65. The van der Waals surface area contributed by atoms with E-state index >= 15 is 0 Å². The highest BCUT2D eigenvalue weighted by Gasteiger charge is 2.41. The first-order chi connectivity index (χ1) is 8.13. The minimum absolute atomic E-state index is 0.0733. The third kappa shape index (κ3) is 3.47. The van der Waals surface area contributed by atoms with Crippen LogP contribution in [0.2, 0.25) is 0 Å². The van der Waals surface area contributed by atoms with E-state index < -0.39 is 11.9 Å². The molecule has 18 heavy (non-hydrogen) atoms. The topological polar surface area (TPSA) is 57.6 Å². The first-order valence-corrected chi connectivity index (χ1v) is 6.66. The Morgan fingerprint density at radius 2 is 1.94 bits per heavy atom. The summed E-state index contributed by atoms with van der Waals surface area (Å²) in [6.07, 6.45) is 1.25. The first kappa shape index (κ1) is 15.0. The molecule has 0 aromatic carbocycles. The fraction of sp³-hybridized carbons (Fsp3) is 0.857. The van der Waals surface area contributed by atoms with Crippen LogP contribution in [0, 0.1) is 17.3 Å². The van der Waals surface area contributed by atoms with Crippen molar-refractivity contribution in [1.29, 1.82) is 0 Å². The SMILES string of the molecule is CC1CC(=O)N(CCC(C)(C)C)C(C)C1C(=O)O. The van der Waals surface area contributed by atoms with E-state index in [9.17, 15) is 14.7 Å². The van der Waals surface area contributed by atoms with Crippen molar-refractivity contribution < 1.29 is 14.7 Å². The lowest BCUT2D eigenvalue weighted by Crippen LogP contribution is -2.53. The summed E-state index contributed by atoms with van der Waals surface area (Å²) in [5.41, 5.74) is 0.155. The average molecular weight is 255 g/mol. The van der Waals surface area contributed by atoms with Gasteiger partial charge in [0.25, 0.3) is 0 Å². The Morgan fingerprint density at radius 3 is 2.39 bits per heavy atom. The van der Waals surface area contributed by atoms with E-state index in [1.54, 1.807) is 4.90 Å². The molecule has 3 atom stereocenters. The number of carboxylic acid groups (broad SMARTS) is 1. The van der Waals surface area contributed by atoms with Crippen LogP contribution in [-0.4, -0.2) is 34.5 Å². The molecule has 1 N–H and O–H groups in total. The maximum atomic E-state index is 12.0. The Kier molecular flexibility index (Phi) is 4.41. The predicted octanol–water partition coefficient (Wildman–Crippen LogP) is 2.38. The van der Waals surface area contributed by atoms with Gasteiger partial charge in [0.05, 0.1) is 5.92 Å². The van der Waals surface area contributed by atoms with Crippen molar-refractivity contribution in [2.75, 3.05) is 6.54 Å². The molecule has 1 fully saturated rings. The van der Waals surface area contributed by atoms with Gasteiger partial charge in [0.15, 0.2) is 0 Å². The summed E-state index contributed by atoms with van der Waals surface area (Å²) in [5.74, 6) is -1.21. The van der Waals surface area contributed by atoms with E-state index in [1.165, 1.54) is 0 Å². The number of hydrogen-bond acceptors (Lipinski definition) is 2. The van der Waals surface area contributed by atoms with E-state index in [-0.39, 0.29) is 23.3 Å². The molecule has 0 aromatic rings. The molecule has 1 heterocycles. The van der Waals surface area contributed by atoms with Crippen molar-refractivity contribution in [3.8, 4) is 0 Å². The van der Waals surface area contributed by atoms with Gasteiger partial charge in [0, 0.05) is 19.0 Å². The highest BCUT2D eigenvalue weighted by Crippen LogP contribution is 2.31. The quantitative estimate of drug-likeness (QED) is 0.842. The summed E-state index contributed by atoms with van der Waals surface area (Å²) < 4.78 is 0. The van der Waals surface area contributed by atoms with E-state index in [4.69, 9.17) is 0 Å². The molecule has 0 radical (unpaired) electrons. The van der Waals surface area contributed by atoms with Crippen LogP contribution in [0.4, 0.5) is 0 Å². The Balaban J connectivity index is 2.77. The molecule has 1 saturated heterocycles. The Labute approximate surface area is 109 Å². The van der Waals surface area contributed by atoms with Crippen molar-refractivity contribution in [2.24, 2.45) is 17.3 Å². The number of likely N-dealkylation sites (tertiary alicyclic amines) is 1. The number of carbonyl (C=O) groups is 2. The number of piperidine rings is 1. The average Bonchev–Trinajstić information content (AvgIpc) is 2.13. The number of rotatable bonds is 3. The standard InChI is InChI=1S/C14H25NO3/c1-9-8-11(16)15(7-6-14(3,4)5)10(2)12(9)13(17)18/h9-10,12H,6-8H2,1-5H3,(H,17,18). The van der Waals surface area contributed by atoms with Crippen LogP contribution in [0.3, 0.4) is 0 Å². The third-order valence-corrected chi connectivity index (χ3v) is 3.83. The number of amides is 1. The minimum atomic E-state index is -0.789. The number of nitrogens with zero attached hydrogens (tertiary/aromatic N) is 1. The third-order valence-electron chi connectivity index (χ3n) is 3.83. The second-order valence-corrected chi connectivity index (χ2v) is 6.68. The van der Waals surface area contributed by atoms with Crippen molar-refractivity contribution in [3.05, 3.63) is 0 Å². The van der Waals surface area contributed by atoms with Crippen LogP contribution in [0.1, 0.15) is 47.5 Å². The molecular weight excluding hydrogens is 230 g/mol. The van der Waals surface area contributed by atoms with Crippen LogP contribution >= 0.6 is 0 Å². The number of aliphatic carboxylic acids is 1. The number of carboxylic acids is 1. The van der Waals surface area contributed by atoms with Crippen molar-refractivity contribution in [3.63, 3.8) is 0 Å². The van der Waals surface area contributed by atoms with E-state index in [0.29, 0.717) is 13.0 Å². The molecule has 4 nitrogen and oxygen atoms in total. The van der Waals surface area contributed by atoms with Crippen molar-refractivity contribution in [1.82, 2.24) is 4.90 Å². The molecule has 0 bridgehead atoms. The summed E-state index contributed by atoms with van der Waals surface area (Å²) in [6.45, 7) is 10.7. The van der Waals surface area contributed by atoms with Gasteiger partial charge in [-0.2, -0.15) is 0 Å². The molecule has 0 aromatic heterocycles. The molecule has 1 amide bonds. The second-order valence-electron chi connectivity index (χ2n) is 6.68. The van der Waals surface area contributed by atoms with Gasteiger partial charge in [-0.15, -0.1) is 0 Å². The lowest BCUT2D eigenvalue weighted by atomic mass is 9.80. The molecule has 1 aliphatic rings. The van der Waals surface area contributed by atoms with Gasteiger partial charge in [0.1, 0.15) is 0 Å². The van der Waals surface area contributed by atoms with Crippen LogP contribution in [0.15, 0.2) is 0 Å². The first-order valence-electron chi connectivity index (χ1n) is 6.66. The van der Waals surface area contributed by atoms with Gasteiger partial charge >= 0.3 is 5.97 Å². The van der Waals surface area contributed by atoms with Gasteiger partial charge in [-0.05, 0) is 24.7 Å². The van der Waals surface area contributed by atoms with Gasteiger partial charge in [-0.1, -0.05) is 27.7 Å². The predicted molar refractivity (Wildman–Crippen MR) is 70.2 cm³/mol. The lowest BCUT2D eigenvalue weighted by molar-refractivity contribution is -0.154. The molecule has 0 saturated carbocycles. The normalized spacial score (nSPS) is 29.5. The zero-order valence-electron chi connectivity index (χ0n) is 12.1.